The van der Waals surface area contributed by atoms with Gasteiger partial charge in [0.05, 0.1) is 0 Å². The van der Waals surface area contributed by atoms with E-state index in [2.05, 4.69) is 5.10 Å². The molecule has 6 heteroatoms. The SMILES string of the molecule is CC(C(=O)N(CC(=O)O)CC1CC1)n1cccn1. The zero-order chi connectivity index (χ0) is 13.1. The Bertz CT molecular complexity index is 426. The Morgan fingerprint density at radius 1 is 1.56 bits per heavy atom. The highest BCUT2D eigenvalue weighted by atomic mass is 16.4. The van der Waals surface area contributed by atoms with Crippen LogP contribution in [-0.2, 0) is 9.59 Å². The molecular weight excluding hydrogens is 234 g/mol. The predicted octanol–water partition coefficient (Wildman–Crippen LogP) is 0.767. The van der Waals surface area contributed by atoms with Crippen LogP contribution in [0.5, 0.6) is 0 Å². The summed E-state index contributed by atoms with van der Waals surface area (Å²) in [7, 11) is 0. The first-order valence-electron chi connectivity index (χ1n) is 6.07. The van der Waals surface area contributed by atoms with Gasteiger partial charge in [-0.05, 0) is 31.7 Å². The molecule has 1 aliphatic carbocycles. The fourth-order valence-corrected chi connectivity index (χ4v) is 1.89. The van der Waals surface area contributed by atoms with E-state index in [1.165, 1.54) is 4.90 Å². The average molecular weight is 251 g/mol. The van der Waals surface area contributed by atoms with Crippen LogP contribution in [0.25, 0.3) is 0 Å². The molecule has 0 spiro atoms. The van der Waals surface area contributed by atoms with E-state index in [4.69, 9.17) is 5.11 Å². The van der Waals surface area contributed by atoms with Crippen molar-refractivity contribution in [2.24, 2.45) is 5.92 Å². The Morgan fingerprint density at radius 3 is 2.78 bits per heavy atom. The summed E-state index contributed by atoms with van der Waals surface area (Å²) < 4.78 is 1.55. The molecule has 18 heavy (non-hydrogen) atoms. The molecule has 1 fully saturated rings. The summed E-state index contributed by atoms with van der Waals surface area (Å²) in [4.78, 5) is 24.5. The molecule has 1 saturated carbocycles. The third kappa shape index (κ3) is 3.09. The van der Waals surface area contributed by atoms with Gasteiger partial charge in [-0.25, -0.2) is 0 Å². The normalized spacial score (nSPS) is 16.3. The van der Waals surface area contributed by atoms with Crippen LogP contribution in [0.2, 0.25) is 0 Å². The van der Waals surface area contributed by atoms with Crippen molar-refractivity contribution in [2.75, 3.05) is 13.1 Å². The summed E-state index contributed by atoms with van der Waals surface area (Å²) in [6.07, 6.45) is 5.48. The van der Waals surface area contributed by atoms with Crippen molar-refractivity contribution in [3.05, 3.63) is 18.5 Å². The number of carboxylic acid groups (broad SMARTS) is 1. The number of carboxylic acids is 1. The molecule has 6 nitrogen and oxygen atoms in total. The van der Waals surface area contributed by atoms with Crippen LogP contribution in [0.15, 0.2) is 18.5 Å². The van der Waals surface area contributed by atoms with E-state index in [-0.39, 0.29) is 12.5 Å². The topological polar surface area (TPSA) is 75.4 Å². The van der Waals surface area contributed by atoms with Gasteiger partial charge in [0.1, 0.15) is 12.6 Å². The molecule has 0 saturated heterocycles. The van der Waals surface area contributed by atoms with Crippen molar-refractivity contribution < 1.29 is 14.7 Å². The van der Waals surface area contributed by atoms with Crippen LogP contribution < -0.4 is 0 Å². The van der Waals surface area contributed by atoms with Crippen molar-refractivity contribution in [3.8, 4) is 0 Å². The van der Waals surface area contributed by atoms with Crippen molar-refractivity contribution in [2.45, 2.75) is 25.8 Å². The number of rotatable bonds is 6. The Hall–Kier alpha value is -1.85. The van der Waals surface area contributed by atoms with Crippen LogP contribution in [0.3, 0.4) is 0 Å². The number of nitrogens with zero attached hydrogens (tertiary/aromatic N) is 3. The highest BCUT2D eigenvalue weighted by Gasteiger charge is 2.30. The molecule has 1 unspecified atom stereocenters. The molecule has 0 aliphatic heterocycles. The van der Waals surface area contributed by atoms with Crippen LogP contribution in [0.4, 0.5) is 0 Å². The molecule has 1 atom stereocenters. The van der Waals surface area contributed by atoms with Gasteiger partial charge in [-0.2, -0.15) is 5.10 Å². The van der Waals surface area contributed by atoms with Gasteiger partial charge >= 0.3 is 5.97 Å². The second kappa shape index (κ2) is 5.20. The number of hydrogen-bond donors (Lipinski definition) is 1. The molecule has 98 valence electrons. The summed E-state index contributed by atoms with van der Waals surface area (Å²) in [5.41, 5.74) is 0. The minimum atomic E-state index is -0.975. The molecule has 1 aromatic heterocycles. The predicted molar refractivity (Wildman–Crippen MR) is 63.9 cm³/mol. The molecule has 1 N–H and O–H groups in total. The lowest BCUT2D eigenvalue weighted by atomic mass is 10.2. The monoisotopic (exact) mass is 251 g/mol. The maximum atomic E-state index is 12.2. The molecule has 0 radical (unpaired) electrons. The lowest BCUT2D eigenvalue weighted by Gasteiger charge is -2.24. The Kier molecular flexibility index (Phi) is 3.64. The largest absolute Gasteiger partial charge is 0.480 e. The fourth-order valence-electron chi connectivity index (χ4n) is 1.89. The van der Waals surface area contributed by atoms with Crippen LogP contribution in [0.1, 0.15) is 25.8 Å². The fraction of sp³-hybridized carbons (Fsp3) is 0.583. The van der Waals surface area contributed by atoms with Gasteiger partial charge in [0.15, 0.2) is 0 Å². The first kappa shape index (κ1) is 12.6. The zero-order valence-corrected chi connectivity index (χ0v) is 10.3. The van der Waals surface area contributed by atoms with Crippen LogP contribution >= 0.6 is 0 Å². The third-order valence-corrected chi connectivity index (χ3v) is 3.09. The minimum absolute atomic E-state index is 0.187. The van der Waals surface area contributed by atoms with E-state index in [1.54, 1.807) is 30.1 Å². The highest BCUT2D eigenvalue weighted by molar-refractivity contribution is 5.84. The second-order valence-electron chi connectivity index (χ2n) is 4.72. The summed E-state index contributed by atoms with van der Waals surface area (Å²) in [6, 6.07) is 1.28. The number of hydrogen-bond acceptors (Lipinski definition) is 3. The van der Waals surface area contributed by atoms with Crippen LogP contribution in [-0.4, -0.2) is 44.8 Å². The molecule has 1 aliphatic rings. The van der Waals surface area contributed by atoms with Gasteiger partial charge in [-0.15, -0.1) is 0 Å². The van der Waals surface area contributed by atoms with E-state index >= 15 is 0 Å². The quantitative estimate of drug-likeness (QED) is 0.810. The number of carbonyl (C=O) groups excluding carboxylic acids is 1. The minimum Gasteiger partial charge on any atom is -0.480 e. The smallest absolute Gasteiger partial charge is 0.323 e. The Labute approximate surface area is 105 Å². The summed E-state index contributed by atoms with van der Waals surface area (Å²) >= 11 is 0. The van der Waals surface area contributed by atoms with Crippen molar-refractivity contribution in [1.29, 1.82) is 0 Å². The van der Waals surface area contributed by atoms with E-state index in [0.29, 0.717) is 12.5 Å². The summed E-state index contributed by atoms with van der Waals surface area (Å²) in [6.45, 7) is 2.04. The maximum absolute atomic E-state index is 12.2. The number of aliphatic carboxylic acids is 1. The third-order valence-electron chi connectivity index (χ3n) is 3.09. The lowest BCUT2D eigenvalue weighted by molar-refractivity contribution is -0.146. The number of aromatic nitrogens is 2. The first-order valence-corrected chi connectivity index (χ1v) is 6.07. The molecule has 1 aromatic rings. The lowest BCUT2D eigenvalue weighted by Crippen LogP contribution is -2.41. The summed E-state index contributed by atoms with van der Waals surface area (Å²) in [5.74, 6) is -0.692. The molecule has 0 bridgehead atoms. The number of amides is 1. The van der Waals surface area contributed by atoms with Gasteiger partial charge in [0.25, 0.3) is 0 Å². The van der Waals surface area contributed by atoms with E-state index in [9.17, 15) is 9.59 Å². The zero-order valence-electron chi connectivity index (χ0n) is 10.3. The van der Waals surface area contributed by atoms with Crippen molar-refractivity contribution in [3.63, 3.8) is 0 Å². The van der Waals surface area contributed by atoms with E-state index < -0.39 is 12.0 Å². The van der Waals surface area contributed by atoms with Crippen LogP contribution in [0, 0.1) is 5.92 Å². The molecular formula is C12H17N3O3. The Balaban J connectivity index is 2.03. The molecule has 1 heterocycles. The van der Waals surface area contributed by atoms with Gasteiger partial charge in [0.2, 0.25) is 5.91 Å². The van der Waals surface area contributed by atoms with Crippen molar-refractivity contribution >= 4 is 11.9 Å². The van der Waals surface area contributed by atoms with Gasteiger partial charge in [-0.3, -0.25) is 14.3 Å². The van der Waals surface area contributed by atoms with Gasteiger partial charge in [0, 0.05) is 18.9 Å². The van der Waals surface area contributed by atoms with E-state index in [1.807, 2.05) is 0 Å². The second-order valence-corrected chi connectivity index (χ2v) is 4.72. The van der Waals surface area contributed by atoms with Gasteiger partial charge in [-0.1, -0.05) is 0 Å². The van der Waals surface area contributed by atoms with Gasteiger partial charge < -0.3 is 10.0 Å². The maximum Gasteiger partial charge on any atom is 0.323 e. The van der Waals surface area contributed by atoms with E-state index in [0.717, 1.165) is 12.8 Å². The summed E-state index contributed by atoms with van der Waals surface area (Å²) in [5, 5.41) is 12.9. The average Bonchev–Trinajstić information content (AvgIpc) is 2.96. The van der Waals surface area contributed by atoms with Crippen molar-refractivity contribution in [1.82, 2.24) is 14.7 Å². The molecule has 1 amide bonds. The Morgan fingerprint density at radius 2 is 2.28 bits per heavy atom. The molecule has 2 rings (SSSR count). The molecule has 0 aromatic carbocycles. The standard InChI is InChI=1S/C12H17N3O3/c1-9(15-6-2-5-13-15)12(18)14(8-11(16)17)7-10-3-4-10/h2,5-6,9-10H,3-4,7-8H2,1H3,(H,16,17). The highest BCUT2D eigenvalue weighted by Crippen LogP contribution is 2.30. The number of carbonyl (C=O) groups is 2. The first-order chi connectivity index (χ1) is 8.58.